The average molecular weight is 441 g/mol. The zero-order valence-corrected chi connectivity index (χ0v) is 17.7. The summed E-state index contributed by atoms with van der Waals surface area (Å²) in [5.41, 5.74) is 0.491. The van der Waals surface area contributed by atoms with Crippen molar-refractivity contribution in [2.75, 3.05) is 25.1 Å². The molecular weight excluding hydrogens is 416 g/mol. The van der Waals surface area contributed by atoms with E-state index in [2.05, 4.69) is 10.0 Å². The molecule has 0 spiro atoms. The molecule has 0 radical (unpaired) electrons. The van der Waals surface area contributed by atoms with E-state index in [1.165, 1.54) is 12.1 Å². The van der Waals surface area contributed by atoms with Gasteiger partial charge in [0.2, 0.25) is 10.0 Å². The monoisotopic (exact) mass is 440 g/mol. The van der Waals surface area contributed by atoms with Gasteiger partial charge >= 0.3 is 0 Å². The highest BCUT2D eigenvalue weighted by molar-refractivity contribution is 7.89. The van der Waals surface area contributed by atoms with Crippen LogP contribution in [-0.4, -0.2) is 40.2 Å². The number of ether oxygens (including phenoxy) is 2. The number of hydrogen-bond acceptors (Lipinski definition) is 5. The highest BCUT2D eigenvalue weighted by Crippen LogP contribution is 2.21. The fourth-order valence-corrected chi connectivity index (χ4v) is 4.48. The quantitative estimate of drug-likeness (QED) is 0.561. The first-order valence-corrected chi connectivity index (χ1v) is 11.6. The van der Waals surface area contributed by atoms with Crippen LogP contribution in [-0.2, 0) is 19.6 Å². The first-order valence-electron chi connectivity index (χ1n) is 10.1. The highest BCUT2D eigenvalue weighted by atomic mass is 32.2. The lowest BCUT2D eigenvalue weighted by Gasteiger charge is -2.12. The average Bonchev–Trinajstić information content (AvgIpc) is 3.30. The van der Waals surface area contributed by atoms with Crippen molar-refractivity contribution >= 4 is 32.4 Å². The molecular formula is C23H24N2O5S. The zero-order valence-electron chi connectivity index (χ0n) is 16.9. The molecule has 1 atom stereocenters. The summed E-state index contributed by atoms with van der Waals surface area (Å²) in [5.74, 6) is 0.271. The van der Waals surface area contributed by atoms with Crippen molar-refractivity contribution in [3.05, 3.63) is 66.7 Å². The van der Waals surface area contributed by atoms with E-state index in [1.807, 2.05) is 42.5 Å². The molecule has 0 aromatic heterocycles. The standard InChI is InChI=1S/C23H24N2O5S/c26-23(16-30-20-10-7-17-4-1-2-5-18(17)14-20)25-19-8-11-22(12-9-19)31(27,28)24-15-21-6-3-13-29-21/h1-2,4-5,7-12,14,21,24H,3,6,13,15-16H2,(H,25,26). The van der Waals surface area contributed by atoms with Gasteiger partial charge in [0.1, 0.15) is 5.75 Å². The molecule has 8 heteroatoms. The summed E-state index contributed by atoms with van der Waals surface area (Å²) in [5, 5.41) is 4.84. The number of fused-ring (bicyclic) bond motifs is 1. The van der Waals surface area contributed by atoms with Crippen LogP contribution in [0.5, 0.6) is 5.75 Å². The minimum absolute atomic E-state index is 0.0732. The fourth-order valence-electron chi connectivity index (χ4n) is 3.41. The molecule has 1 heterocycles. The Balaban J connectivity index is 1.29. The van der Waals surface area contributed by atoms with Crippen LogP contribution in [0.3, 0.4) is 0 Å². The van der Waals surface area contributed by atoms with Crippen LogP contribution in [0.25, 0.3) is 10.8 Å². The maximum absolute atomic E-state index is 12.4. The van der Waals surface area contributed by atoms with Gasteiger partial charge in [-0.1, -0.05) is 30.3 Å². The third kappa shape index (κ3) is 5.61. The first kappa shape index (κ1) is 21.3. The van der Waals surface area contributed by atoms with Gasteiger partial charge in [0.15, 0.2) is 6.61 Å². The van der Waals surface area contributed by atoms with Gasteiger partial charge < -0.3 is 14.8 Å². The molecule has 1 aliphatic rings. The van der Waals surface area contributed by atoms with Crippen molar-refractivity contribution in [2.24, 2.45) is 0 Å². The maximum Gasteiger partial charge on any atom is 0.262 e. The van der Waals surface area contributed by atoms with Crippen LogP contribution >= 0.6 is 0 Å². The van der Waals surface area contributed by atoms with E-state index in [0.717, 1.165) is 23.6 Å². The molecule has 3 aromatic carbocycles. The van der Waals surface area contributed by atoms with Crippen LogP contribution in [0.2, 0.25) is 0 Å². The second kappa shape index (κ2) is 9.47. The Morgan fingerprint density at radius 2 is 1.81 bits per heavy atom. The third-order valence-electron chi connectivity index (χ3n) is 5.06. The van der Waals surface area contributed by atoms with E-state index in [0.29, 0.717) is 18.0 Å². The Kier molecular flexibility index (Phi) is 6.50. The van der Waals surface area contributed by atoms with E-state index in [-0.39, 0.29) is 30.1 Å². The summed E-state index contributed by atoms with van der Waals surface area (Å²) in [6.45, 7) is 0.777. The number of nitrogens with one attached hydrogen (secondary N) is 2. The van der Waals surface area contributed by atoms with Gasteiger partial charge in [0.25, 0.3) is 5.91 Å². The van der Waals surface area contributed by atoms with E-state index in [9.17, 15) is 13.2 Å². The molecule has 1 amide bonds. The van der Waals surface area contributed by atoms with Crippen LogP contribution < -0.4 is 14.8 Å². The summed E-state index contributed by atoms with van der Waals surface area (Å²) >= 11 is 0. The second-order valence-corrected chi connectivity index (χ2v) is 9.12. The summed E-state index contributed by atoms with van der Waals surface area (Å²) in [4.78, 5) is 12.3. The second-order valence-electron chi connectivity index (χ2n) is 7.36. The summed E-state index contributed by atoms with van der Waals surface area (Å²) in [6.07, 6.45) is 1.73. The molecule has 7 nitrogen and oxygen atoms in total. The van der Waals surface area contributed by atoms with Gasteiger partial charge in [-0.25, -0.2) is 13.1 Å². The summed E-state index contributed by atoms with van der Waals surface area (Å²) in [7, 11) is -3.62. The van der Waals surface area contributed by atoms with Crippen molar-refractivity contribution in [3.63, 3.8) is 0 Å². The molecule has 0 bridgehead atoms. The molecule has 3 aromatic rings. The van der Waals surface area contributed by atoms with Crippen molar-refractivity contribution in [2.45, 2.75) is 23.8 Å². The lowest BCUT2D eigenvalue weighted by molar-refractivity contribution is -0.118. The number of anilines is 1. The molecule has 4 rings (SSSR count). The number of carbonyl (C=O) groups is 1. The van der Waals surface area contributed by atoms with Crippen molar-refractivity contribution in [3.8, 4) is 5.75 Å². The molecule has 31 heavy (non-hydrogen) atoms. The minimum Gasteiger partial charge on any atom is -0.484 e. The maximum atomic E-state index is 12.4. The Bertz CT molecular complexity index is 1160. The Morgan fingerprint density at radius 1 is 1.03 bits per heavy atom. The SMILES string of the molecule is O=C(COc1ccc2ccccc2c1)Nc1ccc(S(=O)(=O)NCC2CCCO2)cc1. The van der Waals surface area contributed by atoms with Gasteiger partial charge in [-0.05, 0) is 60.0 Å². The minimum atomic E-state index is -3.62. The molecule has 162 valence electrons. The van der Waals surface area contributed by atoms with Gasteiger partial charge in [-0.2, -0.15) is 0 Å². The van der Waals surface area contributed by atoms with E-state index < -0.39 is 10.0 Å². The van der Waals surface area contributed by atoms with Gasteiger partial charge in [0, 0.05) is 18.8 Å². The lowest BCUT2D eigenvalue weighted by Crippen LogP contribution is -2.31. The molecule has 1 saturated heterocycles. The normalized spacial score (nSPS) is 16.3. The first-order chi connectivity index (χ1) is 15.0. The van der Waals surface area contributed by atoms with Crippen LogP contribution in [0.4, 0.5) is 5.69 Å². The third-order valence-corrected chi connectivity index (χ3v) is 6.50. The summed E-state index contributed by atoms with van der Waals surface area (Å²) < 4.78 is 38.4. The van der Waals surface area contributed by atoms with Crippen LogP contribution in [0.1, 0.15) is 12.8 Å². The molecule has 0 aliphatic carbocycles. The van der Waals surface area contributed by atoms with Gasteiger partial charge in [-0.15, -0.1) is 0 Å². The van der Waals surface area contributed by atoms with Gasteiger partial charge in [0.05, 0.1) is 11.0 Å². The summed E-state index contributed by atoms with van der Waals surface area (Å²) in [6, 6.07) is 19.5. The predicted octanol–water partition coefficient (Wildman–Crippen LogP) is 3.31. The van der Waals surface area contributed by atoms with Crippen molar-refractivity contribution in [1.82, 2.24) is 4.72 Å². The molecule has 1 aliphatic heterocycles. The predicted molar refractivity (Wildman–Crippen MR) is 119 cm³/mol. The number of hydrogen-bond donors (Lipinski definition) is 2. The number of amides is 1. The molecule has 0 saturated carbocycles. The van der Waals surface area contributed by atoms with Crippen LogP contribution in [0, 0.1) is 0 Å². The smallest absolute Gasteiger partial charge is 0.262 e. The molecule has 1 unspecified atom stereocenters. The largest absolute Gasteiger partial charge is 0.484 e. The van der Waals surface area contributed by atoms with Gasteiger partial charge in [-0.3, -0.25) is 4.79 Å². The van der Waals surface area contributed by atoms with Crippen molar-refractivity contribution < 1.29 is 22.7 Å². The Labute approximate surface area is 181 Å². The van der Waals surface area contributed by atoms with E-state index >= 15 is 0 Å². The topological polar surface area (TPSA) is 93.7 Å². The molecule has 2 N–H and O–H groups in total. The lowest BCUT2D eigenvalue weighted by atomic mass is 10.1. The van der Waals surface area contributed by atoms with E-state index in [4.69, 9.17) is 9.47 Å². The number of carbonyl (C=O) groups excluding carboxylic acids is 1. The number of benzene rings is 3. The highest BCUT2D eigenvalue weighted by Gasteiger charge is 2.20. The Hall–Kier alpha value is -2.94. The van der Waals surface area contributed by atoms with Crippen LogP contribution in [0.15, 0.2) is 71.6 Å². The van der Waals surface area contributed by atoms with E-state index in [1.54, 1.807) is 12.1 Å². The fraction of sp³-hybridized carbons (Fsp3) is 0.261. The molecule has 1 fully saturated rings. The van der Waals surface area contributed by atoms with Crippen molar-refractivity contribution in [1.29, 1.82) is 0 Å². The zero-order chi connectivity index (χ0) is 21.7. The number of rotatable bonds is 8. The Morgan fingerprint density at radius 3 is 2.55 bits per heavy atom. The number of sulfonamides is 1.